The number of benzene rings is 2. The van der Waals surface area contributed by atoms with Crippen LogP contribution in [0, 0.1) is 11.3 Å². The summed E-state index contributed by atoms with van der Waals surface area (Å²) in [4.78, 5) is 11.2. The zero-order valence-electron chi connectivity index (χ0n) is 14.0. The molecule has 0 heterocycles. The molecule has 0 fully saturated rings. The largest absolute Gasteiger partial charge is 0.497 e. The van der Waals surface area contributed by atoms with Gasteiger partial charge in [-0.3, -0.25) is 4.79 Å². The van der Waals surface area contributed by atoms with E-state index in [1.165, 1.54) is 0 Å². The summed E-state index contributed by atoms with van der Waals surface area (Å²) >= 11 is 0. The topological polar surface area (TPSA) is 80.6 Å². The lowest BCUT2D eigenvalue weighted by Gasteiger charge is -2.09. The fourth-order valence-corrected chi connectivity index (χ4v) is 2.03. The van der Waals surface area contributed by atoms with E-state index in [9.17, 15) is 4.79 Å². The number of methoxy groups -OCH3 is 1. The summed E-state index contributed by atoms with van der Waals surface area (Å²) in [5.74, 6) is 1.99. The minimum atomic E-state index is -0.279. The first-order valence-electron chi connectivity index (χ1n) is 7.83. The molecule has 6 heteroatoms. The van der Waals surface area contributed by atoms with Crippen LogP contribution >= 0.6 is 0 Å². The van der Waals surface area contributed by atoms with E-state index >= 15 is 0 Å². The highest BCUT2D eigenvalue weighted by Gasteiger charge is 2.01. The standard InChI is InChI=1S/C19H20N2O4/c1-23-16-6-8-18(9-7-16)25-13-12-24-17-4-2-15(3-5-17)14-21-19(22)10-11-20/h2-9H,10,12-14H2,1H3,(H,21,22). The van der Waals surface area contributed by atoms with E-state index in [0.29, 0.717) is 19.8 Å². The van der Waals surface area contributed by atoms with Gasteiger partial charge in [-0.1, -0.05) is 12.1 Å². The van der Waals surface area contributed by atoms with Gasteiger partial charge in [-0.05, 0) is 42.0 Å². The number of nitrogens with one attached hydrogen (secondary N) is 1. The van der Waals surface area contributed by atoms with Crippen molar-refractivity contribution < 1.29 is 19.0 Å². The Morgan fingerprint density at radius 2 is 1.48 bits per heavy atom. The quantitative estimate of drug-likeness (QED) is 0.710. The number of amides is 1. The Morgan fingerprint density at radius 1 is 0.960 bits per heavy atom. The molecule has 25 heavy (non-hydrogen) atoms. The van der Waals surface area contributed by atoms with Crippen molar-refractivity contribution in [3.8, 4) is 23.3 Å². The molecule has 0 bridgehead atoms. The summed E-state index contributed by atoms with van der Waals surface area (Å²) in [6, 6.07) is 16.6. The van der Waals surface area contributed by atoms with Gasteiger partial charge < -0.3 is 19.5 Å². The summed E-state index contributed by atoms with van der Waals surface area (Å²) in [5.41, 5.74) is 0.938. The molecule has 0 aliphatic carbocycles. The van der Waals surface area contributed by atoms with Crippen molar-refractivity contribution in [2.24, 2.45) is 0 Å². The van der Waals surface area contributed by atoms with Gasteiger partial charge in [0.1, 0.15) is 36.9 Å². The summed E-state index contributed by atoms with van der Waals surface area (Å²) < 4.78 is 16.3. The molecule has 0 aromatic heterocycles. The highest BCUT2D eigenvalue weighted by atomic mass is 16.5. The number of ether oxygens (including phenoxy) is 3. The van der Waals surface area contributed by atoms with Crippen molar-refractivity contribution in [1.29, 1.82) is 5.26 Å². The van der Waals surface area contributed by atoms with Crippen LogP contribution in [-0.4, -0.2) is 26.2 Å². The lowest BCUT2D eigenvalue weighted by Crippen LogP contribution is -2.21. The first-order chi connectivity index (χ1) is 12.2. The number of nitriles is 1. The van der Waals surface area contributed by atoms with Crippen molar-refractivity contribution in [1.82, 2.24) is 5.32 Å². The van der Waals surface area contributed by atoms with Crippen LogP contribution in [0.1, 0.15) is 12.0 Å². The zero-order valence-corrected chi connectivity index (χ0v) is 14.0. The lowest BCUT2D eigenvalue weighted by molar-refractivity contribution is -0.120. The van der Waals surface area contributed by atoms with Crippen molar-refractivity contribution in [2.75, 3.05) is 20.3 Å². The minimum absolute atomic E-state index is 0.130. The van der Waals surface area contributed by atoms with Crippen molar-refractivity contribution in [3.63, 3.8) is 0 Å². The van der Waals surface area contributed by atoms with Crippen LogP contribution in [-0.2, 0) is 11.3 Å². The second-order valence-corrected chi connectivity index (χ2v) is 5.13. The molecule has 2 aromatic carbocycles. The second kappa shape index (κ2) is 9.83. The van der Waals surface area contributed by atoms with Gasteiger partial charge in [-0.2, -0.15) is 5.26 Å². The number of hydrogen-bond donors (Lipinski definition) is 1. The van der Waals surface area contributed by atoms with Crippen molar-refractivity contribution in [3.05, 3.63) is 54.1 Å². The van der Waals surface area contributed by atoms with Gasteiger partial charge in [-0.15, -0.1) is 0 Å². The van der Waals surface area contributed by atoms with Crippen LogP contribution in [0.5, 0.6) is 17.2 Å². The molecule has 0 radical (unpaired) electrons. The van der Waals surface area contributed by atoms with Crippen LogP contribution < -0.4 is 19.5 Å². The van der Waals surface area contributed by atoms with Crippen molar-refractivity contribution >= 4 is 5.91 Å². The molecule has 1 N–H and O–H groups in total. The molecule has 0 saturated heterocycles. The third-order valence-electron chi connectivity index (χ3n) is 3.33. The fourth-order valence-electron chi connectivity index (χ4n) is 2.03. The molecular formula is C19H20N2O4. The average Bonchev–Trinajstić information content (AvgIpc) is 2.65. The first-order valence-corrected chi connectivity index (χ1v) is 7.83. The van der Waals surface area contributed by atoms with Crippen LogP contribution in [0.25, 0.3) is 0 Å². The first kappa shape index (κ1) is 18.1. The molecule has 0 aliphatic heterocycles. The summed E-state index contributed by atoms with van der Waals surface area (Å²) in [7, 11) is 1.62. The maximum atomic E-state index is 11.2. The molecule has 0 unspecified atom stereocenters. The number of rotatable bonds is 9. The van der Waals surface area contributed by atoms with Gasteiger partial charge in [-0.25, -0.2) is 0 Å². The molecule has 0 saturated carbocycles. The smallest absolute Gasteiger partial charge is 0.234 e. The zero-order chi connectivity index (χ0) is 17.9. The molecule has 6 nitrogen and oxygen atoms in total. The second-order valence-electron chi connectivity index (χ2n) is 5.13. The van der Waals surface area contributed by atoms with E-state index in [-0.39, 0.29) is 12.3 Å². The van der Waals surface area contributed by atoms with Gasteiger partial charge in [0, 0.05) is 6.54 Å². The third kappa shape index (κ3) is 6.43. The van der Waals surface area contributed by atoms with Crippen LogP contribution in [0.3, 0.4) is 0 Å². The summed E-state index contributed by atoms with van der Waals surface area (Å²) in [6.07, 6.45) is -0.130. The van der Waals surface area contributed by atoms with Gasteiger partial charge in [0.2, 0.25) is 5.91 Å². The molecule has 0 aliphatic rings. The fraction of sp³-hybridized carbons (Fsp3) is 0.263. The lowest BCUT2D eigenvalue weighted by atomic mass is 10.2. The Kier molecular flexibility index (Phi) is 7.13. The monoisotopic (exact) mass is 340 g/mol. The highest BCUT2D eigenvalue weighted by molar-refractivity contribution is 5.77. The minimum Gasteiger partial charge on any atom is -0.497 e. The van der Waals surface area contributed by atoms with Crippen LogP contribution in [0.2, 0.25) is 0 Å². The van der Waals surface area contributed by atoms with E-state index < -0.39 is 0 Å². The summed E-state index contributed by atoms with van der Waals surface area (Å²) in [5, 5.41) is 11.1. The SMILES string of the molecule is COc1ccc(OCCOc2ccc(CNC(=O)CC#N)cc2)cc1. The number of carbonyl (C=O) groups excluding carboxylic acids is 1. The van der Waals surface area contributed by atoms with Gasteiger partial charge >= 0.3 is 0 Å². The van der Waals surface area contributed by atoms with Gasteiger partial charge in [0.15, 0.2) is 0 Å². The normalized spacial score (nSPS) is 9.76. The van der Waals surface area contributed by atoms with Crippen LogP contribution in [0.4, 0.5) is 0 Å². The van der Waals surface area contributed by atoms with E-state index in [1.807, 2.05) is 54.6 Å². The maximum absolute atomic E-state index is 11.2. The third-order valence-corrected chi connectivity index (χ3v) is 3.33. The molecular weight excluding hydrogens is 320 g/mol. The number of nitrogens with zero attached hydrogens (tertiary/aromatic N) is 1. The maximum Gasteiger partial charge on any atom is 0.234 e. The van der Waals surface area contributed by atoms with Crippen LogP contribution in [0.15, 0.2) is 48.5 Å². The Bertz CT molecular complexity index is 706. The Balaban J connectivity index is 1.68. The highest BCUT2D eigenvalue weighted by Crippen LogP contribution is 2.17. The Hall–Kier alpha value is -3.20. The Morgan fingerprint density at radius 3 is 2.00 bits per heavy atom. The van der Waals surface area contributed by atoms with Crippen molar-refractivity contribution in [2.45, 2.75) is 13.0 Å². The number of hydrogen-bond acceptors (Lipinski definition) is 5. The molecule has 2 rings (SSSR count). The predicted octanol–water partition coefficient (Wildman–Crippen LogP) is 2.68. The molecule has 0 spiro atoms. The predicted molar refractivity (Wildman–Crippen MR) is 92.5 cm³/mol. The average molecular weight is 340 g/mol. The molecule has 2 aromatic rings. The van der Waals surface area contributed by atoms with Gasteiger partial charge in [0.25, 0.3) is 0 Å². The van der Waals surface area contributed by atoms with E-state index in [4.69, 9.17) is 19.5 Å². The molecule has 0 atom stereocenters. The van der Waals surface area contributed by atoms with E-state index in [1.54, 1.807) is 7.11 Å². The van der Waals surface area contributed by atoms with Gasteiger partial charge in [0.05, 0.1) is 13.2 Å². The van der Waals surface area contributed by atoms with E-state index in [2.05, 4.69) is 5.32 Å². The Labute approximate surface area is 146 Å². The molecule has 130 valence electrons. The molecule has 1 amide bonds. The van der Waals surface area contributed by atoms with E-state index in [0.717, 1.165) is 22.8 Å². The number of carbonyl (C=O) groups is 1. The summed E-state index contributed by atoms with van der Waals surface area (Å²) in [6.45, 7) is 1.24.